The molecule has 25 heavy (non-hydrogen) atoms. The highest BCUT2D eigenvalue weighted by molar-refractivity contribution is 14.0. The topological polar surface area (TPSA) is 49.3 Å². The summed E-state index contributed by atoms with van der Waals surface area (Å²) in [7, 11) is 0. The quantitative estimate of drug-likeness (QED) is 0.360. The number of aryl methyl sites for hydroxylation is 3. The molecule has 0 aliphatic rings. The Morgan fingerprint density at radius 1 is 1.12 bits per heavy atom. The third kappa shape index (κ3) is 6.93. The molecule has 0 fully saturated rings. The largest absolute Gasteiger partial charge is 0.357 e. The summed E-state index contributed by atoms with van der Waals surface area (Å²) in [4.78, 5) is 10.6. The van der Waals surface area contributed by atoms with E-state index < -0.39 is 0 Å². The maximum absolute atomic E-state index is 4.73. The number of rotatable bonds is 7. The fourth-order valence-corrected chi connectivity index (χ4v) is 3.60. The first-order valence-corrected chi connectivity index (χ1v) is 9.47. The molecular weight excluding hydrogens is 443 g/mol. The van der Waals surface area contributed by atoms with Gasteiger partial charge < -0.3 is 10.6 Å². The van der Waals surface area contributed by atoms with Crippen molar-refractivity contribution in [2.24, 2.45) is 4.99 Å². The SMILES string of the molecule is CCNC(=NCc1ccccc1CC)NCCc1sc(C)nc1C.I. The number of guanidine groups is 1. The Kier molecular flexibility index (Phi) is 10.0. The van der Waals surface area contributed by atoms with Gasteiger partial charge in [0.1, 0.15) is 0 Å². The van der Waals surface area contributed by atoms with Gasteiger partial charge in [-0.05, 0) is 38.3 Å². The Balaban J connectivity index is 0.00000312. The molecule has 0 radical (unpaired) electrons. The molecule has 2 aromatic rings. The molecule has 0 aliphatic carbocycles. The zero-order valence-electron chi connectivity index (χ0n) is 15.6. The smallest absolute Gasteiger partial charge is 0.191 e. The highest BCUT2D eigenvalue weighted by Gasteiger charge is 2.05. The molecule has 0 unspecified atom stereocenters. The van der Waals surface area contributed by atoms with Gasteiger partial charge in [-0.25, -0.2) is 9.98 Å². The third-order valence-electron chi connectivity index (χ3n) is 3.90. The molecule has 1 aromatic heterocycles. The van der Waals surface area contributed by atoms with Gasteiger partial charge in [-0.1, -0.05) is 31.2 Å². The van der Waals surface area contributed by atoms with Crippen LogP contribution in [0.25, 0.3) is 0 Å². The van der Waals surface area contributed by atoms with Crippen LogP contribution in [-0.2, 0) is 19.4 Å². The number of benzene rings is 1. The Bertz CT molecular complexity index is 682. The molecule has 6 heteroatoms. The van der Waals surface area contributed by atoms with E-state index in [0.717, 1.165) is 42.6 Å². The third-order valence-corrected chi connectivity index (χ3v) is 5.03. The van der Waals surface area contributed by atoms with Gasteiger partial charge in [-0.3, -0.25) is 0 Å². The van der Waals surface area contributed by atoms with E-state index in [2.05, 4.69) is 67.6 Å². The average Bonchev–Trinajstić information content (AvgIpc) is 2.90. The Morgan fingerprint density at radius 3 is 2.44 bits per heavy atom. The maximum atomic E-state index is 4.73. The first-order chi connectivity index (χ1) is 11.6. The second-order valence-corrected chi connectivity index (χ2v) is 7.02. The number of nitrogens with zero attached hydrogens (tertiary/aromatic N) is 2. The first-order valence-electron chi connectivity index (χ1n) is 8.65. The lowest BCUT2D eigenvalue weighted by Crippen LogP contribution is -2.38. The average molecular weight is 472 g/mol. The van der Waals surface area contributed by atoms with Crippen LogP contribution < -0.4 is 10.6 Å². The van der Waals surface area contributed by atoms with Crippen molar-refractivity contribution in [3.8, 4) is 0 Å². The van der Waals surface area contributed by atoms with Crippen molar-refractivity contribution in [3.05, 3.63) is 51.0 Å². The van der Waals surface area contributed by atoms with Gasteiger partial charge in [0, 0.05) is 24.4 Å². The molecule has 0 saturated carbocycles. The predicted molar refractivity (Wildman–Crippen MR) is 119 cm³/mol. The number of hydrogen-bond donors (Lipinski definition) is 2. The Labute approximate surface area is 172 Å². The fraction of sp³-hybridized carbons (Fsp3) is 0.474. The van der Waals surface area contributed by atoms with E-state index in [0.29, 0.717) is 6.54 Å². The summed E-state index contributed by atoms with van der Waals surface area (Å²) >= 11 is 1.78. The van der Waals surface area contributed by atoms with Crippen LogP contribution >= 0.6 is 35.3 Å². The second-order valence-electron chi connectivity index (χ2n) is 5.74. The molecule has 0 saturated heterocycles. The summed E-state index contributed by atoms with van der Waals surface area (Å²) in [5, 5.41) is 7.89. The van der Waals surface area contributed by atoms with Crippen LogP contribution in [0.15, 0.2) is 29.3 Å². The van der Waals surface area contributed by atoms with Crippen LogP contribution in [-0.4, -0.2) is 24.0 Å². The van der Waals surface area contributed by atoms with E-state index in [1.807, 2.05) is 0 Å². The predicted octanol–water partition coefficient (Wildman–Crippen LogP) is 4.24. The van der Waals surface area contributed by atoms with Crippen molar-refractivity contribution in [3.63, 3.8) is 0 Å². The summed E-state index contributed by atoms with van der Waals surface area (Å²) in [5.74, 6) is 0.877. The van der Waals surface area contributed by atoms with Crippen molar-refractivity contribution in [1.29, 1.82) is 0 Å². The van der Waals surface area contributed by atoms with Gasteiger partial charge in [0.2, 0.25) is 0 Å². The van der Waals surface area contributed by atoms with Gasteiger partial charge in [-0.15, -0.1) is 35.3 Å². The van der Waals surface area contributed by atoms with Crippen LogP contribution in [0.4, 0.5) is 0 Å². The van der Waals surface area contributed by atoms with Gasteiger partial charge >= 0.3 is 0 Å². The molecule has 0 aliphatic heterocycles. The van der Waals surface area contributed by atoms with E-state index in [1.54, 1.807) is 11.3 Å². The van der Waals surface area contributed by atoms with Crippen LogP contribution in [0.1, 0.15) is 40.6 Å². The molecule has 2 N–H and O–H groups in total. The van der Waals surface area contributed by atoms with Crippen molar-refractivity contribution >= 4 is 41.3 Å². The van der Waals surface area contributed by atoms with Crippen LogP contribution in [0.3, 0.4) is 0 Å². The second kappa shape index (κ2) is 11.5. The molecule has 1 aromatic carbocycles. The van der Waals surface area contributed by atoms with Crippen molar-refractivity contribution in [1.82, 2.24) is 15.6 Å². The van der Waals surface area contributed by atoms with Crippen molar-refractivity contribution in [2.75, 3.05) is 13.1 Å². The van der Waals surface area contributed by atoms with Gasteiger partial charge in [0.25, 0.3) is 0 Å². The Morgan fingerprint density at radius 2 is 1.84 bits per heavy atom. The minimum atomic E-state index is 0. The van der Waals surface area contributed by atoms with E-state index in [9.17, 15) is 0 Å². The van der Waals surface area contributed by atoms with Crippen LogP contribution in [0.2, 0.25) is 0 Å². The lowest BCUT2D eigenvalue weighted by Gasteiger charge is -2.12. The summed E-state index contributed by atoms with van der Waals surface area (Å²) in [6.45, 7) is 10.9. The Hall–Kier alpha value is -1.15. The molecule has 138 valence electrons. The molecule has 1 heterocycles. The lowest BCUT2D eigenvalue weighted by molar-refractivity contribution is 0.800. The molecule has 0 bridgehead atoms. The molecular formula is C19H29IN4S. The minimum Gasteiger partial charge on any atom is -0.357 e. The molecule has 0 spiro atoms. The van der Waals surface area contributed by atoms with Crippen LogP contribution in [0.5, 0.6) is 0 Å². The van der Waals surface area contributed by atoms with Crippen LogP contribution in [0, 0.1) is 13.8 Å². The van der Waals surface area contributed by atoms with E-state index in [4.69, 9.17) is 4.99 Å². The molecule has 4 nitrogen and oxygen atoms in total. The van der Waals surface area contributed by atoms with Gasteiger partial charge in [-0.2, -0.15) is 0 Å². The van der Waals surface area contributed by atoms with E-state index in [1.165, 1.54) is 16.0 Å². The number of halogens is 1. The molecule has 2 rings (SSSR count). The van der Waals surface area contributed by atoms with E-state index >= 15 is 0 Å². The van der Waals surface area contributed by atoms with E-state index in [-0.39, 0.29) is 24.0 Å². The number of aromatic nitrogens is 1. The number of nitrogens with one attached hydrogen (secondary N) is 2. The summed E-state index contributed by atoms with van der Waals surface area (Å²) < 4.78 is 0. The highest BCUT2D eigenvalue weighted by Crippen LogP contribution is 2.17. The maximum Gasteiger partial charge on any atom is 0.191 e. The molecule has 0 amide bonds. The lowest BCUT2D eigenvalue weighted by atomic mass is 10.1. The number of thiazole rings is 1. The fourth-order valence-electron chi connectivity index (χ4n) is 2.66. The number of hydrogen-bond acceptors (Lipinski definition) is 3. The highest BCUT2D eigenvalue weighted by atomic mass is 127. The number of aliphatic imine (C=N–C) groups is 1. The zero-order chi connectivity index (χ0) is 17.4. The standard InChI is InChI=1S/C19H28N4S.HI/c1-5-16-9-7-8-10-17(16)13-22-19(20-6-2)21-12-11-18-14(3)23-15(4)24-18;/h7-10H,5-6,11-13H2,1-4H3,(H2,20,21,22);1H. The zero-order valence-corrected chi connectivity index (χ0v) is 18.7. The van der Waals surface area contributed by atoms with Crippen molar-refractivity contribution in [2.45, 2.75) is 47.1 Å². The van der Waals surface area contributed by atoms with Gasteiger partial charge in [0.05, 0.1) is 17.2 Å². The van der Waals surface area contributed by atoms with Crippen molar-refractivity contribution < 1.29 is 0 Å². The molecule has 0 atom stereocenters. The summed E-state index contributed by atoms with van der Waals surface area (Å²) in [5.41, 5.74) is 3.82. The minimum absolute atomic E-state index is 0. The summed E-state index contributed by atoms with van der Waals surface area (Å²) in [6, 6.07) is 8.52. The first kappa shape index (κ1) is 21.9. The summed E-state index contributed by atoms with van der Waals surface area (Å²) in [6.07, 6.45) is 2.02. The normalized spacial score (nSPS) is 11.1. The monoisotopic (exact) mass is 472 g/mol. The van der Waals surface area contributed by atoms with Gasteiger partial charge in [0.15, 0.2) is 5.96 Å².